The lowest BCUT2D eigenvalue weighted by Crippen LogP contribution is -2.18. The lowest BCUT2D eigenvalue weighted by atomic mass is 9.96. The highest BCUT2D eigenvalue weighted by molar-refractivity contribution is 6.05. The number of fused-ring (bicyclic) bond motifs is 4. The van der Waals surface area contributed by atoms with Crippen molar-refractivity contribution in [2.75, 3.05) is 0 Å². The highest BCUT2D eigenvalue weighted by Crippen LogP contribution is 2.34. The number of carbonyl (C=O) groups excluding carboxylic acids is 1. The summed E-state index contributed by atoms with van der Waals surface area (Å²) in [5, 5.41) is 10.2. The van der Waals surface area contributed by atoms with Gasteiger partial charge < -0.3 is 0 Å². The van der Waals surface area contributed by atoms with Crippen LogP contribution < -0.4 is 16.2 Å². The molecule has 1 amide bonds. The largest absolute Gasteiger partial charge is 0.297 e. The van der Waals surface area contributed by atoms with E-state index in [0.29, 0.717) is 0 Å². The van der Waals surface area contributed by atoms with Crippen molar-refractivity contribution in [2.45, 2.75) is 13.8 Å². The van der Waals surface area contributed by atoms with Crippen molar-refractivity contribution in [3.8, 4) is 11.1 Å². The second-order valence-corrected chi connectivity index (χ2v) is 5.70. The number of nitrogens with one attached hydrogen (secondary N) is 1. The van der Waals surface area contributed by atoms with E-state index in [9.17, 15) is 4.79 Å². The van der Waals surface area contributed by atoms with Gasteiger partial charge in [0.15, 0.2) is 0 Å². The van der Waals surface area contributed by atoms with Crippen LogP contribution in [-0.2, 0) is 4.79 Å². The summed E-state index contributed by atoms with van der Waals surface area (Å²) >= 11 is 0. The lowest BCUT2D eigenvalue weighted by Gasteiger charge is -2.05. The second-order valence-electron chi connectivity index (χ2n) is 5.70. The van der Waals surface area contributed by atoms with Gasteiger partial charge in [0.05, 0.1) is 16.4 Å². The summed E-state index contributed by atoms with van der Waals surface area (Å²) in [7, 11) is 0. The number of hydrogen-bond donors (Lipinski definition) is 2. The maximum Gasteiger partial charge on any atom is 0.297 e. The number of aliphatic imine (C=N–C) groups is 1. The summed E-state index contributed by atoms with van der Waals surface area (Å²) < 4.78 is 0. The first-order valence-corrected chi connectivity index (χ1v) is 7.50. The molecule has 0 radical (unpaired) electrons. The Labute approximate surface area is 137 Å². The van der Waals surface area contributed by atoms with Crippen LogP contribution in [0.2, 0.25) is 0 Å². The minimum Gasteiger partial charge on any atom is -0.290 e. The van der Waals surface area contributed by atoms with Crippen molar-refractivity contribution < 1.29 is 10.0 Å². The zero-order valence-electron chi connectivity index (χ0n) is 13.2. The van der Waals surface area contributed by atoms with E-state index in [1.54, 1.807) is 5.48 Å². The average molecular weight is 318 g/mol. The first kappa shape index (κ1) is 14.5. The molecule has 118 valence electrons. The summed E-state index contributed by atoms with van der Waals surface area (Å²) in [6, 6.07) is 9.96. The molecule has 24 heavy (non-hydrogen) atoms. The molecule has 4 rings (SSSR count). The van der Waals surface area contributed by atoms with Gasteiger partial charge in [0.25, 0.3) is 5.91 Å². The number of rotatable bonds is 2. The van der Waals surface area contributed by atoms with Gasteiger partial charge in [-0.25, -0.2) is 9.98 Å². The van der Waals surface area contributed by atoms with Gasteiger partial charge in [0.1, 0.15) is 12.0 Å². The van der Waals surface area contributed by atoms with Gasteiger partial charge in [0, 0.05) is 16.7 Å². The van der Waals surface area contributed by atoms with Crippen molar-refractivity contribution >= 4 is 23.5 Å². The molecule has 6 heteroatoms. The molecule has 2 heterocycles. The minimum atomic E-state index is -0.498. The van der Waals surface area contributed by atoms with Crippen LogP contribution >= 0.6 is 0 Å². The predicted octanol–water partition coefficient (Wildman–Crippen LogP) is 1.82. The molecule has 2 N–H and O–H groups in total. The molecule has 0 aliphatic carbocycles. The summed E-state index contributed by atoms with van der Waals surface area (Å²) in [5.74, 6) is -0.498. The Morgan fingerprint density at radius 2 is 2.00 bits per heavy atom. The third kappa shape index (κ3) is 1.93. The van der Waals surface area contributed by atoms with E-state index in [1.807, 2.05) is 44.2 Å². The Morgan fingerprint density at radius 3 is 2.79 bits per heavy atom. The van der Waals surface area contributed by atoms with Crippen molar-refractivity contribution in [1.82, 2.24) is 5.48 Å². The Hall–Kier alpha value is -3.12. The van der Waals surface area contributed by atoms with Crippen LogP contribution in [-0.4, -0.2) is 17.5 Å². The third-order valence-electron chi connectivity index (χ3n) is 4.35. The average Bonchev–Trinajstić information content (AvgIpc) is 3.12. The zero-order chi connectivity index (χ0) is 16.8. The van der Waals surface area contributed by atoms with Gasteiger partial charge >= 0.3 is 0 Å². The molecule has 0 saturated carbocycles. The van der Waals surface area contributed by atoms with E-state index in [0.717, 1.165) is 50.6 Å². The van der Waals surface area contributed by atoms with Crippen LogP contribution in [0.15, 0.2) is 51.0 Å². The van der Waals surface area contributed by atoms with Gasteiger partial charge in [-0.05, 0) is 37.1 Å². The number of para-hydroxylation sites is 1. The summed E-state index contributed by atoms with van der Waals surface area (Å²) in [5.41, 5.74) is 7.79. The van der Waals surface area contributed by atoms with Gasteiger partial charge in [-0.2, -0.15) is 4.99 Å². The monoisotopic (exact) mass is 318 g/mol. The molecule has 0 bridgehead atoms. The molecule has 0 unspecified atom stereocenters. The van der Waals surface area contributed by atoms with Crippen LogP contribution in [0.25, 0.3) is 16.7 Å². The van der Waals surface area contributed by atoms with E-state index in [-0.39, 0.29) is 5.70 Å². The molecular formula is C18H14N4O2. The van der Waals surface area contributed by atoms with E-state index in [2.05, 4.69) is 9.98 Å². The fourth-order valence-electron chi connectivity index (χ4n) is 3.30. The van der Waals surface area contributed by atoms with Crippen molar-refractivity contribution in [3.05, 3.63) is 57.9 Å². The van der Waals surface area contributed by atoms with Gasteiger partial charge in [-0.3, -0.25) is 15.5 Å². The van der Waals surface area contributed by atoms with Crippen LogP contribution in [0.3, 0.4) is 0 Å². The van der Waals surface area contributed by atoms with Gasteiger partial charge in [0.2, 0.25) is 0 Å². The van der Waals surface area contributed by atoms with Crippen LogP contribution in [0.1, 0.15) is 18.1 Å². The van der Waals surface area contributed by atoms with Crippen LogP contribution in [0.5, 0.6) is 0 Å². The molecule has 0 aromatic heterocycles. The maximum atomic E-state index is 12.1. The third-order valence-corrected chi connectivity index (χ3v) is 4.35. The molecule has 2 aromatic rings. The quantitative estimate of drug-likeness (QED) is 0.429. The molecule has 6 nitrogen and oxygen atoms in total. The highest BCUT2D eigenvalue weighted by Gasteiger charge is 2.25. The smallest absolute Gasteiger partial charge is 0.290 e. The molecule has 2 aliphatic rings. The summed E-state index contributed by atoms with van der Waals surface area (Å²) in [6.07, 6.45) is 0.930. The molecular weight excluding hydrogens is 304 g/mol. The number of hydrogen-bond acceptors (Lipinski definition) is 4. The van der Waals surface area contributed by atoms with Crippen molar-refractivity contribution in [3.63, 3.8) is 0 Å². The highest BCUT2D eigenvalue weighted by atomic mass is 16.5. The Kier molecular flexibility index (Phi) is 3.14. The van der Waals surface area contributed by atoms with Crippen LogP contribution in [0.4, 0.5) is 5.69 Å². The van der Waals surface area contributed by atoms with E-state index >= 15 is 0 Å². The number of hydroxylamine groups is 1. The topological polar surface area (TPSA) is 86.4 Å². The number of benzene rings is 2. The maximum absolute atomic E-state index is 12.1. The van der Waals surface area contributed by atoms with E-state index < -0.39 is 5.91 Å². The summed E-state index contributed by atoms with van der Waals surface area (Å²) in [4.78, 5) is 24.9. The Bertz CT molecular complexity index is 1080. The van der Waals surface area contributed by atoms with Gasteiger partial charge in [-0.15, -0.1) is 0 Å². The number of amides is 1. The summed E-state index contributed by atoms with van der Waals surface area (Å²) in [6.45, 7) is 3.85. The number of carbonyl (C=O) groups is 1. The second kappa shape index (κ2) is 5.21. The zero-order valence-corrected chi connectivity index (χ0v) is 13.2. The van der Waals surface area contributed by atoms with Crippen LogP contribution in [0, 0.1) is 6.92 Å². The molecule has 0 atom stereocenters. The molecule has 0 fully saturated rings. The number of allylic oxidation sites excluding steroid dienone is 1. The normalized spacial score (nSPS) is 14.1. The van der Waals surface area contributed by atoms with Crippen molar-refractivity contribution in [2.24, 2.45) is 15.0 Å². The lowest BCUT2D eigenvalue weighted by molar-refractivity contribution is -0.114. The molecule has 2 aromatic carbocycles. The number of nitrogens with zero attached hydrogens (tertiary/aromatic N) is 3. The first-order chi connectivity index (χ1) is 11.6. The SMILES string of the molecule is CC1=C(C(=O)N=CNO)N=c2cc3c(c(C)c21)=Nc1ccccc1-3. The van der Waals surface area contributed by atoms with E-state index in [4.69, 9.17) is 10.2 Å². The first-order valence-electron chi connectivity index (χ1n) is 7.50. The standard InChI is InChI=1S/C18H14N4O2/c1-9-15-10(2)17(18(23)19-8-20-24)22-14(15)7-12-11-5-3-4-6-13(11)21-16(9)12/h3-8,24H,1-2H3,(H,19,20,23). The molecule has 2 aliphatic heterocycles. The fourth-order valence-corrected chi connectivity index (χ4v) is 3.30. The fraction of sp³-hybridized carbons (Fsp3) is 0.111. The molecule has 0 spiro atoms. The van der Waals surface area contributed by atoms with E-state index in [1.165, 1.54) is 0 Å². The minimum absolute atomic E-state index is 0.288. The molecule has 0 saturated heterocycles. The van der Waals surface area contributed by atoms with Crippen molar-refractivity contribution in [1.29, 1.82) is 0 Å². The van der Waals surface area contributed by atoms with Gasteiger partial charge in [-0.1, -0.05) is 18.2 Å². The predicted molar refractivity (Wildman–Crippen MR) is 89.6 cm³/mol. The Morgan fingerprint density at radius 1 is 1.21 bits per heavy atom. The Balaban J connectivity index is 1.93.